The normalized spacial score (nSPS) is 20.6. The molecule has 3 atom stereocenters. The number of hydrogen-bond donors (Lipinski definition) is 1. The Morgan fingerprint density at radius 3 is 2.08 bits per heavy atom. The molecule has 3 aromatic carbocycles. The Morgan fingerprint density at radius 2 is 1.49 bits per heavy atom. The third-order valence-corrected chi connectivity index (χ3v) is 7.22. The SMILES string of the molecule is O=C(O)[C@@H]1[C@H]2CC[C@@H](CN1C(=O)C(c1ccccc1)c1ccccc1)N2C(=O)OCc1ccccc1F. The highest BCUT2D eigenvalue weighted by atomic mass is 19.1. The van der Waals surface area contributed by atoms with Crippen LogP contribution in [0.15, 0.2) is 84.9 Å². The molecule has 2 heterocycles. The van der Waals surface area contributed by atoms with Gasteiger partial charge in [-0.25, -0.2) is 14.0 Å². The quantitative estimate of drug-likeness (QED) is 0.539. The maximum Gasteiger partial charge on any atom is 0.410 e. The zero-order valence-corrected chi connectivity index (χ0v) is 20.1. The van der Waals surface area contributed by atoms with E-state index in [1.807, 2.05) is 60.7 Å². The second-order valence-electron chi connectivity index (χ2n) is 9.38. The van der Waals surface area contributed by atoms with E-state index in [4.69, 9.17) is 4.74 Å². The van der Waals surface area contributed by atoms with Crippen molar-refractivity contribution in [2.24, 2.45) is 0 Å². The molecule has 3 aromatic rings. The molecule has 0 radical (unpaired) electrons. The summed E-state index contributed by atoms with van der Waals surface area (Å²) in [4.78, 5) is 42.5. The second-order valence-corrected chi connectivity index (χ2v) is 9.38. The highest BCUT2D eigenvalue weighted by Gasteiger charge is 2.54. The molecule has 2 amide bonds. The minimum atomic E-state index is -1.22. The number of carboxylic acids is 1. The van der Waals surface area contributed by atoms with Gasteiger partial charge in [0.2, 0.25) is 5.91 Å². The van der Waals surface area contributed by atoms with Crippen molar-refractivity contribution in [3.63, 3.8) is 0 Å². The first-order valence-corrected chi connectivity index (χ1v) is 12.3. The second kappa shape index (κ2) is 10.4. The van der Waals surface area contributed by atoms with E-state index in [-0.39, 0.29) is 30.7 Å². The van der Waals surface area contributed by atoms with Crippen molar-refractivity contribution in [1.82, 2.24) is 9.80 Å². The number of halogens is 1. The maximum atomic E-state index is 14.0. The lowest BCUT2D eigenvalue weighted by atomic mass is 9.88. The third kappa shape index (κ3) is 4.79. The summed E-state index contributed by atoms with van der Waals surface area (Å²) in [6.45, 7) is -0.177. The third-order valence-electron chi connectivity index (χ3n) is 7.22. The van der Waals surface area contributed by atoms with Crippen molar-refractivity contribution in [1.29, 1.82) is 0 Å². The number of carboxylic acid groups (broad SMARTS) is 1. The molecule has 37 heavy (non-hydrogen) atoms. The summed E-state index contributed by atoms with van der Waals surface area (Å²) in [5, 5.41) is 10.2. The summed E-state index contributed by atoms with van der Waals surface area (Å²) >= 11 is 0. The first kappa shape index (κ1) is 24.5. The van der Waals surface area contributed by atoms with Gasteiger partial charge in [0.25, 0.3) is 0 Å². The fourth-order valence-electron chi connectivity index (χ4n) is 5.52. The maximum absolute atomic E-state index is 14.0. The van der Waals surface area contributed by atoms with Gasteiger partial charge in [-0.1, -0.05) is 78.9 Å². The van der Waals surface area contributed by atoms with Crippen LogP contribution in [0.5, 0.6) is 0 Å². The van der Waals surface area contributed by atoms with Gasteiger partial charge in [-0.3, -0.25) is 9.69 Å². The fraction of sp³-hybridized carbons (Fsp3) is 0.276. The Kier molecular flexibility index (Phi) is 6.90. The highest BCUT2D eigenvalue weighted by Crippen LogP contribution is 2.38. The molecule has 2 fully saturated rings. The summed E-state index contributed by atoms with van der Waals surface area (Å²) < 4.78 is 19.4. The summed E-state index contributed by atoms with van der Waals surface area (Å²) in [6.07, 6.45) is 0.285. The van der Waals surface area contributed by atoms with Gasteiger partial charge in [-0.05, 0) is 30.0 Å². The van der Waals surface area contributed by atoms with Gasteiger partial charge < -0.3 is 14.7 Å². The van der Waals surface area contributed by atoms with E-state index in [0.717, 1.165) is 11.1 Å². The zero-order valence-electron chi connectivity index (χ0n) is 20.1. The fourth-order valence-corrected chi connectivity index (χ4v) is 5.52. The number of rotatable bonds is 6. The molecule has 0 aliphatic carbocycles. The van der Waals surface area contributed by atoms with Crippen LogP contribution in [-0.2, 0) is 20.9 Å². The highest BCUT2D eigenvalue weighted by molar-refractivity contribution is 5.92. The van der Waals surface area contributed by atoms with E-state index in [9.17, 15) is 23.9 Å². The molecule has 8 heteroatoms. The molecule has 0 unspecified atom stereocenters. The van der Waals surface area contributed by atoms with Gasteiger partial charge in [-0.15, -0.1) is 0 Å². The van der Waals surface area contributed by atoms with Crippen LogP contribution < -0.4 is 0 Å². The summed E-state index contributed by atoms with van der Waals surface area (Å²) in [7, 11) is 0. The number of hydrogen-bond acceptors (Lipinski definition) is 4. The van der Waals surface area contributed by atoms with E-state index < -0.39 is 35.9 Å². The first-order chi connectivity index (χ1) is 18.0. The van der Waals surface area contributed by atoms with Crippen LogP contribution >= 0.6 is 0 Å². The Bertz CT molecular complexity index is 1250. The lowest BCUT2D eigenvalue weighted by Crippen LogP contribution is -2.65. The summed E-state index contributed by atoms with van der Waals surface area (Å²) in [6, 6.07) is 22.2. The number of carbonyl (C=O) groups excluding carboxylic acids is 2. The summed E-state index contributed by atoms with van der Waals surface area (Å²) in [5.74, 6) is -2.65. The standard InChI is InChI=1S/C29H27FN2O5/c30-23-14-8-7-13-21(23)18-37-29(36)32-22-15-16-24(32)26(28(34)35)31(17-22)27(33)25(19-9-3-1-4-10-19)20-11-5-2-6-12-20/h1-14,22,24-26H,15-18H2,(H,34,35)/t22-,24+,26-/m0/s1. The summed E-state index contributed by atoms with van der Waals surface area (Å²) in [5.41, 5.74) is 1.77. The van der Waals surface area contributed by atoms with Crippen LogP contribution in [0.25, 0.3) is 0 Å². The number of likely N-dealkylation sites (tertiary alicyclic amines) is 1. The molecule has 7 nitrogen and oxygen atoms in total. The molecule has 2 aliphatic heterocycles. The van der Waals surface area contributed by atoms with Crippen molar-refractivity contribution in [3.8, 4) is 0 Å². The average Bonchev–Trinajstić information content (AvgIpc) is 3.21. The van der Waals surface area contributed by atoms with Crippen molar-refractivity contribution in [2.75, 3.05) is 6.54 Å². The van der Waals surface area contributed by atoms with E-state index in [2.05, 4.69) is 0 Å². The number of carbonyl (C=O) groups is 3. The van der Waals surface area contributed by atoms with Crippen LogP contribution in [-0.4, -0.2) is 57.5 Å². The van der Waals surface area contributed by atoms with Crippen LogP contribution in [0.3, 0.4) is 0 Å². The molecule has 2 aliphatic rings. The Morgan fingerprint density at radius 1 is 0.892 bits per heavy atom. The van der Waals surface area contributed by atoms with Gasteiger partial charge in [0, 0.05) is 12.1 Å². The van der Waals surface area contributed by atoms with Crippen molar-refractivity contribution < 1.29 is 28.6 Å². The van der Waals surface area contributed by atoms with Crippen molar-refractivity contribution in [2.45, 2.75) is 43.5 Å². The van der Waals surface area contributed by atoms with E-state index in [1.54, 1.807) is 12.1 Å². The van der Waals surface area contributed by atoms with Gasteiger partial charge in [0.05, 0.1) is 18.0 Å². The number of aliphatic carboxylic acids is 1. The monoisotopic (exact) mass is 502 g/mol. The van der Waals surface area contributed by atoms with E-state index in [0.29, 0.717) is 12.8 Å². The molecule has 2 saturated heterocycles. The predicted molar refractivity (Wildman–Crippen MR) is 133 cm³/mol. The van der Waals surface area contributed by atoms with Crippen LogP contribution in [0, 0.1) is 5.82 Å². The van der Waals surface area contributed by atoms with Crippen molar-refractivity contribution in [3.05, 3.63) is 107 Å². The van der Waals surface area contributed by atoms with Gasteiger partial charge in [0.1, 0.15) is 18.5 Å². The average molecular weight is 503 g/mol. The molecule has 2 bridgehead atoms. The Balaban J connectivity index is 1.41. The van der Waals surface area contributed by atoms with Gasteiger partial charge in [-0.2, -0.15) is 0 Å². The lowest BCUT2D eigenvalue weighted by Gasteiger charge is -2.45. The molecule has 0 aromatic heterocycles. The molecule has 5 rings (SSSR count). The molecular formula is C29H27FN2O5. The Hall–Kier alpha value is -4.20. The van der Waals surface area contributed by atoms with Crippen molar-refractivity contribution >= 4 is 18.0 Å². The van der Waals surface area contributed by atoms with Crippen LogP contribution in [0.4, 0.5) is 9.18 Å². The van der Waals surface area contributed by atoms with Gasteiger partial charge in [0.15, 0.2) is 0 Å². The van der Waals surface area contributed by atoms with E-state index in [1.165, 1.54) is 21.9 Å². The largest absolute Gasteiger partial charge is 0.480 e. The number of piperazine rings is 1. The molecule has 0 saturated carbocycles. The number of benzene rings is 3. The van der Waals surface area contributed by atoms with Gasteiger partial charge >= 0.3 is 12.1 Å². The topological polar surface area (TPSA) is 87.2 Å². The molecule has 1 N–H and O–H groups in total. The number of ether oxygens (including phenoxy) is 1. The van der Waals surface area contributed by atoms with E-state index >= 15 is 0 Å². The smallest absolute Gasteiger partial charge is 0.410 e. The predicted octanol–water partition coefficient (Wildman–Crippen LogP) is 4.42. The molecular weight excluding hydrogens is 475 g/mol. The molecule has 0 spiro atoms. The number of fused-ring (bicyclic) bond motifs is 2. The Labute approximate surface area is 214 Å². The molecule has 190 valence electrons. The first-order valence-electron chi connectivity index (χ1n) is 12.3. The number of amides is 2. The van der Waals surface area contributed by atoms with Crippen LogP contribution in [0.2, 0.25) is 0 Å². The minimum absolute atomic E-state index is 0.0806. The zero-order chi connectivity index (χ0) is 25.9. The minimum Gasteiger partial charge on any atom is -0.480 e. The number of nitrogens with zero attached hydrogens (tertiary/aromatic N) is 2. The van der Waals surface area contributed by atoms with Crippen LogP contribution in [0.1, 0.15) is 35.4 Å². The lowest BCUT2D eigenvalue weighted by molar-refractivity contribution is -0.156.